The minimum Gasteiger partial charge on any atom is -0.481 e. The van der Waals surface area contributed by atoms with E-state index < -0.39 is 21.7 Å². The normalized spacial score (nSPS) is 27.6. The summed E-state index contributed by atoms with van der Waals surface area (Å²) in [5.74, 6) is -1.45. The Hall–Kier alpha value is -1.44. The molecule has 1 aliphatic carbocycles. The lowest BCUT2D eigenvalue weighted by Gasteiger charge is -2.09. The molecule has 3 atom stereocenters. The van der Waals surface area contributed by atoms with Crippen molar-refractivity contribution >= 4 is 15.8 Å². The van der Waals surface area contributed by atoms with Gasteiger partial charge in [0.05, 0.1) is 11.8 Å². The van der Waals surface area contributed by atoms with E-state index in [0.717, 1.165) is 6.26 Å². The molecule has 1 saturated carbocycles. The summed E-state index contributed by atoms with van der Waals surface area (Å²) in [6.07, 6.45) is 2.32. The van der Waals surface area contributed by atoms with Gasteiger partial charge in [0.25, 0.3) is 0 Å². The minimum absolute atomic E-state index is 0.0844. The van der Waals surface area contributed by atoms with Gasteiger partial charge in [0, 0.05) is 6.26 Å². The van der Waals surface area contributed by atoms with E-state index in [2.05, 4.69) is 10.1 Å². The van der Waals surface area contributed by atoms with Crippen LogP contribution in [0.5, 0.6) is 0 Å². The highest BCUT2D eigenvalue weighted by Crippen LogP contribution is 2.42. The van der Waals surface area contributed by atoms with Gasteiger partial charge in [-0.25, -0.2) is 8.42 Å². The molecule has 0 aliphatic heterocycles. The molecule has 0 saturated heterocycles. The van der Waals surface area contributed by atoms with Crippen LogP contribution < -0.4 is 0 Å². The fourth-order valence-corrected chi connectivity index (χ4v) is 3.14. The number of aliphatic carboxylic acids is 1. The number of sulfone groups is 1. The fourth-order valence-electron chi connectivity index (χ4n) is 2.55. The van der Waals surface area contributed by atoms with Gasteiger partial charge < -0.3 is 9.63 Å². The minimum atomic E-state index is -3.23. The molecule has 8 heteroatoms. The smallest absolute Gasteiger partial charge is 0.307 e. The molecule has 1 heterocycles. The third-order valence-corrected chi connectivity index (χ3v) is 4.09. The lowest BCUT2D eigenvalue weighted by atomic mass is 9.96. The van der Waals surface area contributed by atoms with Crippen LogP contribution in [0.25, 0.3) is 0 Å². The molecule has 19 heavy (non-hydrogen) atoms. The molecule has 0 radical (unpaired) electrons. The summed E-state index contributed by atoms with van der Waals surface area (Å²) in [4.78, 5) is 15.2. The van der Waals surface area contributed by atoms with Crippen LogP contribution in [0.3, 0.4) is 0 Å². The van der Waals surface area contributed by atoms with Gasteiger partial charge in [-0.3, -0.25) is 4.79 Å². The van der Waals surface area contributed by atoms with E-state index in [1.54, 1.807) is 0 Å². The largest absolute Gasteiger partial charge is 0.481 e. The molecule has 7 nitrogen and oxygen atoms in total. The lowest BCUT2D eigenvalue weighted by Crippen LogP contribution is -2.17. The van der Waals surface area contributed by atoms with Gasteiger partial charge in [-0.05, 0) is 18.8 Å². The summed E-state index contributed by atoms with van der Waals surface area (Å²) in [7, 11) is -3.23. The standard InChI is InChI=1S/C11H16N2O5S/c1-6-3-7(8(4-6)11(14)15)10-12-9(13-18-10)5-19(2,16)17/h6-8H,3-5H2,1-2H3,(H,14,15). The molecule has 0 aromatic carbocycles. The number of nitrogens with zero attached hydrogens (tertiary/aromatic N) is 2. The lowest BCUT2D eigenvalue weighted by molar-refractivity contribution is -0.142. The van der Waals surface area contributed by atoms with Gasteiger partial charge in [0.1, 0.15) is 5.75 Å². The molecule has 0 bridgehead atoms. The maximum Gasteiger partial charge on any atom is 0.307 e. The molecule has 0 amide bonds. The SMILES string of the molecule is CC1CC(C(=O)O)C(c2nc(CS(C)(=O)=O)no2)C1. The highest BCUT2D eigenvalue weighted by molar-refractivity contribution is 7.89. The molecular formula is C11H16N2O5S. The second-order valence-electron chi connectivity index (χ2n) is 5.25. The predicted molar refractivity (Wildman–Crippen MR) is 65.1 cm³/mol. The molecule has 1 N–H and O–H groups in total. The Morgan fingerprint density at radius 2 is 2.16 bits per heavy atom. The second-order valence-corrected chi connectivity index (χ2v) is 7.39. The highest BCUT2D eigenvalue weighted by atomic mass is 32.2. The fraction of sp³-hybridized carbons (Fsp3) is 0.727. The van der Waals surface area contributed by atoms with Crippen molar-refractivity contribution in [2.45, 2.75) is 31.4 Å². The van der Waals surface area contributed by atoms with Crippen molar-refractivity contribution in [2.75, 3.05) is 6.26 Å². The van der Waals surface area contributed by atoms with Crippen LogP contribution in [0.15, 0.2) is 4.52 Å². The van der Waals surface area contributed by atoms with Crippen LogP contribution >= 0.6 is 0 Å². The Balaban J connectivity index is 2.20. The van der Waals surface area contributed by atoms with Crippen LogP contribution in [-0.4, -0.2) is 35.9 Å². The van der Waals surface area contributed by atoms with Crippen molar-refractivity contribution in [2.24, 2.45) is 11.8 Å². The van der Waals surface area contributed by atoms with Crippen LogP contribution in [0.1, 0.15) is 37.4 Å². The van der Waals surface area contributed by atoms with Gasteiger partial charge >= 0.3 is 5.97 Å². The Kier molecular flexibility index (Phi) is 3.62. The number of carboxylic acid groups (broad SMARTS) is 1. The molecule has 106 valence electrons. The third-order valence-electron chi connectivity index (χ3n) is 3.31. The van der Waals surface area contributed by atoms with Gasteiger partial charge in [-0.15, -0.1) is 0 Å². The van der Waals surface area contributed by atoms with Gasteiger partial charge in [0.15, 0.2) is 15.7 Å². The first-order valence-electron chi connectivity index (χ1n) is 5.99. The van der Waals surface area contributed by atoms with Crippen LogP contribution in [0.2, 0.25) is 0 Å². The number of hydrogen-bond acceptors (Lipinski definition) is 6. The molecule has 1 aromatic heterocycles. The van der Waals surface area contributed by atoms with E-state index in [1.807, 2.05) is 6.92 Å². The Labute approximate surface area is 110 Å². The number of aromatic nitrogens is 2. The van der Waals surface area contributed by atoms with E-state index in [9.17, 15) is 18.3 Å². The maximum atomic E-state index is 11.2. The van der Waals surface area contributed by atoms with Crippen molar-refractivity contribution in [3.8, 4) is 0 Å². The van der Waals surface area contributed by atoms with Crippen LogP contribution in [0, 0.1) is 11.8 Å². The van der Waals surface area contributed by atoms with Gasteiger partial charge in [-0.2, -0.15) is 4.98 Å². The summed E-state index contributed by atoms with van der Waals surface area (Å²) in [6, 6.07) is 0. The quantitative estimate of drug-likeness (QED) is 0.873. The molecule has 1 fully saturated rings. The summed E-state index contributed by atoms with van der Waals surface area (Å²) in [5.41, 5.74) is 0. The molecule has 1 aromatic rings. The zero-order chi connectivity index (χ0) is 14.2. The van der Waals surface area contributed by atoms with Crippen molar-refractivity contribution in [3.63, 3.8) is 0 Å². The van der Waals surface area contributed by atoms with Crippen molar-refractivity contribution < 1.29 is 22.8 Å². The first kappa shape index (κ1) is 14.0. The Morgan fingerprint density at radius 3 is 2.74 bits per heavy atom. The number of carboxylic acids is 1. The summed E-state index contributed by atoms with van der Waals surface area (Å²) >= 11 is 0. The van der Waals surface area contributed by atoms with E-state index in [1.165, 1.54) is 0 Å². The molecule has 1 aliphatic rings. The summed E-state index contributed by atoms with van der Waals surface area (Å²) in [5, 5.41) is 12.8. The van der Waals surface area contributed by atoms with Crippen molar-refractivity contribution in [1.82, 2.24) is 10.1 Å². The molecular weight excluding hydrogens is 272 g/mol. The van der Waals surface area contributed by atoms with Crippen LogP contribution in [-0.2, 0) is 20.4 Å². The van der Waals surface area contributed by atoms with Gasteiger partial charge in [-0.1, -0.05) is 12.1 Å². The average Bonchev–Trinajstić information content (AvgIpc) is 2.81. The first-order valence-corrected chi connectivity index (χ1v) is 8.05. The number of rotatable bonds is 4. The summed E-state index contributed by atoms with van der Waals surface area (Å²) in [6.45, 7) is 1.98. The average molecular weight is 288 g/mol. The van der Waals surface area contributed by atoms with E-state index in [0.29, 0.717) is 12.8 Å². The topological polar surface area (TPSA) is 110 Å². The summed E-state index contributed by atoms with van der Waals surface area (Å²) < 4.78 is 27.3. The third kappa shape index (κ3) is 3.31. The Morgan fingerprint density at radius 1 is 1.47 bits per heavy atom. The zero-order valence-corrected chi connectivity index (χ0v) is 11.6. The molecule has 2 rings (SSSR count). The maximum absolute atomic E-state index is 11.2. The zero-order valence-electron chi connectivity index (χ0n) is 10.7. The Bertz CT molecular complexity index is 580. The van der Waals surface area contributed by atoms with E-state index in [4.69, 9.17) is 4.52 Å². The van der Waals surface area contributed by atoms with Gasteiger partial charge in [0.2, 0.25) is 5.89 Å². The van der Waals surface area contributed by atoms with Crippen molar-refractivity contribution in [1.29, 1.82) is 0 Å². The molecule has 3 unspecified atom stereocenters. The van der Waals surface area contributed by atoms with E-state index in [-0.39, 0.29) is 29.3 Å². The predicted octanol–water partition coefficient (Wildman–Crippen LogP) is 0.829. The molecule has 0 spiro atoms. The highest BCUT2D eigenvalue weighted by Gasteiger charge is 2.41. The number of carbonyl (C=O) groups is 1. The van der Waals surface area contributed by atoms with Crippen LogP contribution in [0.4, 0.5) is 0 Å². The number of hydrogen-bond donors (Lipinski definition) is 1. The van der Waals surface area contributed by atoms with E-state index >= 15 is 0 Å². The van der Waals surface area contributed by atoms with Crippen molar-refractivity contribution in [3.05, 3.63) is 11.7 Å². The first-order chi connectivity index (χ1) is 8.76. The monoisotopic (exact) mass is 288 g/mol. The second kappa shape index (κ2) is 4.92.